The number of nitrogens with one attached hydrogen (secondary N) is 1. The Labute approximate surface area is 125 Å². The summed E-state index contributed by atoms with van der Waals surface area (Å²) < 4.78 is 26.3. The molecule has 0 radical (unpaired) electrons. The molecule has 0 amide bonds. The quantitative estimate of drug-likeness (QED) is 0.907. The van der Waals surface area contributed by atoms with Crippen LogP contribution in [0, 0.1) is 17.2 Å². The number of nitrogens with zero attached hydrogens (tertiary/aromatic N) is 1. The number of halogens is 1. The molecule has 0 aliphatic rings. The summed E-state index contributed by atoms with van der Waals surface area (Å²) >= 11 is 5.75. The fourth-order valence-electron chi connectivity index (χ4n) is 1.34. The molecule has 0 fully saturated rings. The molecular formula is C14H17ClN2O2S. The van der Waals surface area contributed by atoms with Gasteiger partial charge in [0.25, 0.3) is 0 Å². The third-order valence-corrected chi connectivity index (χ3v) is 4.51. The summed E-state index contributed by atoms with van der Waals surface area (Å²) in [6, 6.07) is 8.77. The molecule has 6 heteroatoms. The largest absolute Gasteiger partial charge is 0.235 e. The van der Waals surface area contributed by atoms with Gasteiger partial charge in [0.15, 0.2) is 0 Å². The molecule has 0 aliphatic heterocycles. The van der Waals surface area contributed by atoms with Crippen molar-refractivity contribution >= 4 is 27.7 Å². The van der Waals surface area contributed by atoms with Gasteiger partial charge in [-0.3, -0.25) is 0 Å². The minimum absolute atomic E-state index is 0.147. The smallest absolute Gasteiger partial charge is 0.208 e. The van der Waals surface area contributed by atoms with Crippen molar-refractivity contribution in [2.45, 2.75) is 26.3 Å². The van der Waals surface area contributed by atoms with Gasteiger partial charge in [-0.05, 0) is 36.6 Å². The van der Waals surface area contributed by atoms with Crippen LogP contribution in [0.4, 0.5) is 0 Å². The monoisotopic (exact) mass is 312 g/mol. The molecule has 1 aromatic rings. The molecule has 1 aromatic carbocycles. The first-order valence-corrected chi connectivity index (χ1v) is 8.00. The van der Waals surface area contributed by atoms with E-state index < -0.39 is 15.6 Å². The Morgan fingerprint density at radius 1 is 1.35 bits per heavy atom. The molecule has 0 saturated carbocycles. The van der Waals surface area contributed by atoms with E-state index in [2.05, 4.69) is 4.72 Å². The van der Waals surface area contributed by atoms with Crippen molar-refractivity contribution in [2.75, 3.05) is 0 Å². The lowest BCUT2D eigenvalue weighted by Gasteiger charge is -2.25. The Kier molecular flexibility index (Phi) is 5.35. The van der Waals surface area contributed by atoms with Crippen LogP contribution in [0.2, 0.25) is 5.02 Å². The summed E-state index contributed by atoms with van der Waals surface area (Å²) in [6.07, 6.45) is 1.46. The van der Waals surface area contributed by atoms with Gasteiger partial charge < -0.3 is 0 Å². The predicted octanol–water partition coefficient (Wildman–Crippen LogP) is 3.17. The molecule has 1 rings (SSSR count). The van der Waals surface area contributed by atoms with Gasteiger partial charge in [-0.1, -0.05) is 37.6 Å². The van der Waals surface area contributed by atoms with E-state index >= 15 is 0 Å². The van der Waals surface area contributed by atoms with Crippen LogP contribution in [0.1, 0.15) is 26.3 Å². The van der Waals surface area contributed by atoms with Crippen LogP contribution in [0.5, 0.6) is 0 Å². The van der Waals surface area contributed by atoms with E-state index in [4.69, 9.17) is 16.9 Å². The molecule has 20 heavy (non-hydrogen) atoms. The number of sulfonamides is 1. The van der Waals surface area contributed by atoms with Gasteiger partial charge in [0.05, 0.1) is 6.07 Å². The average molecular weight is 313 g/mol. The van der Waals surface area contributed by atoms with Gasteiger partial charge in [-0.15, -0.1) is 0 Å². The molecule has 108 valence electrons. The lowest BCUT2D eigenvalue weighted by molar-refractivity contribution is 0.390. The Morgan fingerprint density at radius 2 is 1.90 bits per heavy atom. The van der Waals surface area contributed by atoms with Crippen molar-refractivity contribution < 1.29 is 8.42 Å². The van der Waals surface area contributed by atoms with Gasteiger partial charge in [-0.25, -0.2) is 8.42 Å². The first-order valence-electron chi connectivity index (χ1n) is 6.07. The number of hydrogen-bond acceptors (Lipinski definition) is 3. The number of hydrogen-bond donors (Lipinski definition) is 1. The minimum Gasteiger partial charge on any atom is -0.208 e. The van der Waals surface area contributed by atoms with E-state index in [1.165, 1.54) is 6.08 Å². The maximum Gasteiger partial charge on any atom is 0.235 e. The van der Waals surface area contributed by atoms with E-state index in [0.29, 0.717) is 10.6 Å². The number of benzene rings is 1. The molecule has 0 aromatic heterocycles. The highest BCUT2D eigenvalue weighted by Gasteiger charge is 2.32. The molecule has 1 atom stereocenters. The summed E-state index contributed by atoms with van der Waals surface area (Å²) in [5, 5.41) is 10.8. The highest BCUT2D eigenvalue weighted by Crippen LogP contribution is 2.17. The molecule has 0 saturated heterocycles. The standard InChI is InChI=1S/C14H17ClN2O2S/c1-11(2)14(3,10-16)17-20(18,19)9-8-12-4-6-13(15)7-5-12/h4-9,11,17H,1-3H3/b9-8+/t14-/m1/s1. The van der Waals surface area contributed by atoms with E-state index in [1.807, 2.05) is 6.07 Å². The summed E-state index contributed by atoms with van der Waals surface area (Å²) in [5.74, 6) is -0.147. The zero-order chi connectivity index (χ0) is 15.4. The summed E-state index contributed by atoms with van der Waals surface area (Å²) in [4.78, 5) is 0. The van der Waals surface area contributed by atoms with Crippen LogP contribution in [0.15, 0.2) is 29.7 Å². The number of rotatable bonds is 5. The number of nitriles is 1. The van der Waals surface area contributed by atoms with Crippen LogP contribution < -0.4 is 4.72 Å². The van der Waals surface area contributed by atoms with Gasteiger partial charge in [0.2, 0.25) is 10.0 Å². The van der Waals surface area contributed by atoms with Crippen molar-refractivity contribution in [2.24, 2.45) is 5.92 Å². The zero-order valence-corrected chi connectivity index (χ0v) is 13.2. The Balaban J connectivity index is 2.91. The van der Waals surface area contributed by atoms with Crippen LogP contribution in [0.25, 0.3) is 6.08 Å². The van der Waals surface area contributed by atoms with Crippen LogP contribution in [0.3, 0.4) is 0 Å². The Morgan fingerprint density at radius 3 is 2.35 bits per heavy atom. The summed E-state index contributed by atoms with van der Waals surface area (Å²) in [5.41, 5.74) is -0.425. The Bertz CT molecular complexity index is 630. The normalized spacial score (nSPS) is 15.2. The van der Waals surface area contributed by atoms with Crippen molar-refractivity contribution in [1.29, 1.82) is 5.26 Å². The van der Waals surface area contributed by atoms with Crippen LogP contribution in [-0.4, -0.2) is 14.0 Å². The first-order chi connectivity index (χ1) is 9.18. The second kappa shape index (κ2) is 6.40. The van der Waals surface area contributed by atoms with Gasteiger partial charge >= 0.3 is 0 Å². The van der Waals surface area contributed by atoms with Gasteiger partial charge in [-0.2, -0.15) is 9.98 Å². The fourth-order valence-corrected chi connectivity index (χ4v) is 2.74. The topological polar surface area (TPSA) is 70.0 Å². The SMILES string of the molecule is CC(C)[C@@](C)(C#N)NS(=O)(=O)/C=C/c1ccc(Cl)cc1. The minimum atomic E-state index is -3.69. The highest BCUT2D eigenvalue weighted by atomic mass is 35.5. The molecule has 1 N–H and O–H groups in total. The summed E-state index contributed by atoms with van der Waals surface area (Å²) in [6.45, 7) is 5.13. The molecule has 4 nitrogen and oxygen atoms in total. The second-order valence-electron chi connectivity index (χ2n) is 4.97. The molecular weight excluding hydrogens is 296 g/mol. The zero-order valence-electron chi connectivity index (χ0n) is 11.6. The molecule has 0 aliphatic carbocycles. The lowest BCUT2D eigenvalue weighted by atomic mass is 9.92. The molecule has 0 unspecified atom stereocenters. The average Bonchev–Trinajstić information content (AvgIpc) is 2.37. The van der Waals surface area contributed by atoms with E-state index in [0.717, 1.165) is 5.41 Å². The van der Waals surface area contributed by atoms with Crippen LogP contribution >= 0.6 is 11.6 Å². The fraction of sp³-hybridized carbons (Fsp3) is 0.357. The van der Waals surface area contributed by atoms with Gasteiger partial charge in [0, 0.05) is 10.4 Å². The predicted molar refractivity (Wildman–Crippen MR) is 81.4 cm³/mol. The third kappa shape index (κ3) is 4.64. The lowest BCUT2D eigenvalue weighted by Crippen LogP contribution is -2.47. The van der Waals surface area contributed by atoms with Crippen molar-refractivity contribution in [3.05, 3.63) is 40.3 Å². The van der Waals surface area contributed by atoms with Crippen LogP contribution in [-0.2, 0) is 10.0 Å². The van der Waals surface area contributed by atoms with Gasteiger partial charge in [0.1, 0.15) is 5.54 Å². The highest BCUT2D eigenvalue weighted by molar-refractivity contribution is 7.92. The summed E-state index contributed by atoms with van der Waals surface area (Å²) in [7, 11) is -3.69. The van der Waals surface area contributed by atoms with E-state index in [1.54, 1.807) is 45.0 Å². The van der Waals surface area contributed by atoms with Crippen molar-refractivity contribution in [1.82, 2.24) is 4.72 Å². The molecule has 0 heterocycles. The molecule has 0 spiro atoms. The maximum atomic E-state index is 12.0. The Hall–Kier alpha value is -1.35. The third-order valence-electron chi connectivity index (χ3n) is 3.05. The first kappa shape index (κ1) is 16.7. The van der Waals surface area contributed by atoms with Crippen molar-refractivity contribution in [3.8, 4) is 6.07 Å². The maximum absolute atomic E-state index is 12.0. The van der Waals surface area contributed by atoms with Crippen molar-refractivity contribution in [3.63, 3.8) is 0 Å². The second-order valence-corrected chi connectivity index (χ2v) is 6.97. The molecule has 0 bridgehead atoms. The van der Waals surface area contributed by atoms with E-state index in [9.17, 15) is 8.42 Å². The van der Waals surface area contributed by atoms with E-state index in [-0.39, 0.29) is 5.92 Å².